The van der Waals surface area contributed by atoms with Crippen LogP contribution in [0, 0.1) is 17.3 Å². The van der Waals surface area contributed by atoms with Crippen LogP contribution in [-0.2, 0) is 19.1 Å². The Bertz CT molecular complexity index is 885. The third-order valence-corrected chi connectivity index (χ3v) is 5.85. The summed E-state index contributed by atoms with van der Waals surface area (Å²) in [7, 11) is 0. The van der Waals surface area contributed by atoms with Gasteiger partial charge in [0.05, 0.1) is 30.6 Å². The molecule has 0 saturated carbocycles. The fraction of sp³-hybridized carbons (Fsp3) is 0.300. The van der Waals surface area contributed by atoms with E-state index in [1.165, 1.54) is 0 Å². The maximum Gasteiger partial charge on any atom is 0.339 e. The zero-order valence-electron chi connectivity index (χ0n) is 13.4. The normalized spacial score (nSPS) is 35.8. The second-order valence-electron chi connectivity index (χ2n) is 6.92. The number of hydrogen-bond acceptors (Lipinski definition) is 5. The third kappa shape index (κ3) is 1.78. The summed E-state index contributed by atoms with van der Waals surface area (Å²) < 4.78 is 16.1. The Balaban J connectivity index is 1.61. The molecule has 1 spiro atoms. The topological polar surface area (TPSA) is 65.7 Å². The SMILES string of the molecule is C=C1C2=C(C=C[C@]13CC=C[C@@H]1C(=O)OC[C@H]13)C(=O)O[C@@H]2c1ccoc1. The van der Waals surface area contributed by atoms with Gasteiger partial charge in [-0.25, -0.2) is 4.79 Å². The van der Waals surface area contributed by atoms with Crippen molar-refractivity contribution < 1.29 is 23.5 Å². The number of esters is 2. The number of hydrogen-bond donors (Lipinski definition) is 0. The van der Waals surface area contributed by atoms with Gasteiger partial charge in [0.15, 0.2) is 6.10 Å². The van der Waals surface area contributed by atoms with Gasteiger partial charge in [0.2, 0.25) is 0 Å². The molecule has 0 bridgehead atoms. The molecule has 126 valence electrons. The van der Waals surface area contributed by atoms with Crippen LogP contribution in [0.4, 0.5) is 0 Å². The largest absolute Gasteiger partial charge is 0.472 e. The Labute approximate surface area is 144 Å². The van der Waals surface area contributed by atoms with E-state index >= 15 is 0 Å². The first-order valence-corrected chi connectivity index (χ1v) is 8.31. The molecule has 4 aliphatic rings. The van der Waals surface area contributed by atoms with Gasteiger partial charge in [0.1, 0.15) is 0 Å². The van der Waals surface area contributed by atoms with E-state index in [1.54, 1.807) is 18.6 Å². The molecule has 0 radical (unpaired) electrons. The summed E-state index contributed by atoms with van der Waals surface area (Å²) >= 11 is 0. The highest BCUT2D eigenvalue weighted by atomic mass is 16.6. The summed E-state index contributed by atoms with van der Waals surface area (Å²) in [6.45, 7) is 4.71. The molecule has 1 saturated heterocycles. The van der Waals surface area contributed by atoms with E-state index < -0.39 is 11.5 Å². The van der Waals surface area contributed by atoms with Crippen molar-refractivity contribution >= 4 is 11.9 Å². The number of fused-ring (bicyclic) bond motifs is 2. The standard InChI is InChI=1S/C20H16O5/c1-11-16-14(19(22)25-17(16)12-5-8-23-9-12)4-7-20(11)6-2-3-13-15(20)10-24-18(13)21/h2-5,7-9,13,15,17H,1,6,10H2/t13-,15+,17+,20+/m0/s1. The van der Waals surface area contributed by atoms with Crippen LogP contribution < -0.4 is 0 Å². The van der Waals surface area contributed by atoms with Crippen molar-refractivity contribution in [3.8, 4) is 0 Å². The van der Waals surface area contributed by atoms with Crippen molar-refractivity contribution in [3.05, 3.63) is 71.8 Å². The van der Waals surface area contributed by atoms with Crippen LogP contribution in [0.15, 0.2) is 70.6 Å². The molecule has 1 fully saturated rings. The summed E-state index contributed by atoms with van der Waals surface area (Å²) in [6.07, 6.45) is 11.1. The van der Waals surface area contributed by atoms with Gasteiger partial charge in [-0.05, 0) is 18.1 Å². The number of cyclic esters (lactones) is 2. The summed E-state index contributed by atoms with van der Waals surface area (Å²) in [6, 6.07) is 1.79. The van der Waals surface area contributed by atoms with Crippen LogP contribution in [0.5, 0.6) is 0 Å². The van der Waals surface area contributed by atoms with Crippen LogP contribution in [0.25, 0.3) is 0 Å². The van der Waals surface area contributed by atoms with Crippen molar-refractivity contribution in [1.82, 2.24) is 0 Å². The number of rotatable bonds is 1. The minimum atomic E-state index is -0.516. The number of ether oxygens (including phenoxy) is 2. The first kappa shape index (κ1) is 14.5. The summed E-state index contributed by atoms with van der Waals surface area (Å²) in [5.41, 5.74) is 2.52. The van der Waals surface area contributed by atoms with Gasteiger partial charge in [-0.15, -0.1) is 0 Å². The maximum absolute atomic E-state index is 12.3. The molecule has 5 heteroatoms. The Morgan fingerprint density at radius 3 is 2.96 bits per heavy atom. The Kier molecular flexibility index (Phi) is 2.82. The zero-order valence-corrected chi connectivity index (χ0v) is 13.4. The molecule has 2 aliphatic heterocycles. The van der Waals surface area contributed by atoms with Gasteiger partial charge in [-0.3, -0.25) is 4.79 Å². The minimum Gasteiger partial charge on any atom is -0.472 e. The van der Waals surface area contributed by atoms with Crippen molar-refractivity contribution in [2.45, 2.75) is 12.5 Å². The highest BCUT2D eigenvalue weighted by molar-refractivity contribution is 5.97. The number of furan rings is 1. The van der Waals surface area contributed by atoms with E-state index in [2.05, 4.69) is 6.58 Å². The molecule has 0 amide bonds. The van der Waals surface area contributed by atoms with Crippen LogP contribution >= 0.6 is 0 Å². The molecule has 3 heterocycles. The lowest BCUT2D eigenvalue weighted by molar-refractivity contribution is -0.140. The minimum absolute atomic E-state index is 0.0106. The monoisotopic (exact) mass is 336 g/mol. The fourth-order valence-corrected chi connectivity index (χ4v) is 4.52. The maximum atomic E-state index is 12.3. The molecule has 25 heavy (non-hydrogen) atoms. The summed E-state index contributed by atoms with van der Waals surface area (Å²) in [4.78, 5) is 24.4. The van der Waals surface area contributed by atoms with Crippen molar-refractivity contribution in [1.29, 1.82) is 0 Å². The molecule has 4 atom stereocenters. The summed E-state index contributed by atoms with van der Waals surface area (Å²) in [5, 5.41) is 0. The number of carbonyl (C=O) groups is 2. The van der Waals surface area contributed by atoms with Gasteiger partial charge < -0.3 is 13.9 Å². The molecule has 1 aromatic heterocycles. The molecule has 0 aromatic carbocycles. The fourth-order valence-electron chi connectivity index (χ4n) is 4.52. The number of carbonyl (C=O) groups excluding carboxylic acids is 2. The molecule has 0 N–H and O–H groups in total. The second kappa shape index (κ2) is 4.85. The molecule has 5 nitrogen and oxygen atoms in total. The Morgan fingerprint density at radius 2 is 2.16 bits per heavy atom. The summed E-state index contributed by atoms with van der Waals surface area (Å²) in [5.74, 6) is -0.812. The lowest BCUT2D eigenvalue weighted by atomic mass is 9.58. The predicted octanol–water partition coefficient (Wildman–Crippen LogP) is 3.04. The van der Waals surface area contributed by atoms with E-state index in [9.17, 15) is 9.59 Å². The van der Waals surface area contributed by atoms with Gasteiger partial charge in [0, 0.05) is 22.5 Å². The molecule has 5 rings (SSSR count). The van der Waals surface area contributed by atoms with Gasteiger partial charge >= 0.3 is 11.9 Å². The molecular weight excluding hydrogens is 320 g/mol. The molecule has 0 unspecified atom stereocenters. The Morgan fingerprint density at radius 1 is 1.28 bits per heavy atom. The number of allylic oxidation sites excluding steroid dienone is 2. The van der Waals surface area contributed by atoms with Crippen molar-refractivity contribution in [2.75, 3.05) is 6.61 Å². The lowest BCUT2D eigenvalue weighted by Crippen LogP contribution is -2.39. The predicted molar refractivity (Wildman–Crippen MR) is 87.0 cm³/mol. The quantitative estimate of drug-likeness (QED) is 0.582. The molecule has 2 aliphatic carbocycles. The smallest absolute Gasteiger partial charge is 0.339 e. The van der Waals surface area contributed by atoms with Gasteiger partial charge in [-0.2, -0.15) is 0 Å². The van der Waals surface area contributed by atoms with Crippen LogP contribution in [0.2, 0.25) is 0 Å². The highest BCUT2D eigenvalue weighted by Gasteiger charge is 2.54. The van der Waals surface area contributed by atoms with Crippen molar-refractivity contribution in [3.63, 3.8) is 0 Å². The van der Waals surface area contributed by atoms with Crippen molar-refractivity contribution in [2.24, 2.45) is 17.3 Å². The van der Waals surface area contributed by atoms with Crippen LogP contribution in [-0.4, -0.2) is 18.5 Å². The second-order valence-corrected chi connectivity index (χ2v) is 6.92. The van der Waals surface area contributed by atoms with E-state index in [0.29, 0.717) is 12.2 Å². The van der Waals surface area contributed by atoms with E-state index in [-0.39, 0.29) is 23.8 Å². The zero-order chi connectivity index (χ0) is 17.2. The van der Waals surface area contributed by atoms with E-state index in [4.69, 9.17) is 13.9 Å². The van der Waals surface area contributed by atoms with E-state index in [0.717, 1.165) is 23.1 Å². The molecular formula is C20H16O5. The third-order valence-electron chi connectivity index (χ3n) is 5.85. The Hall–Kier alpha value is -2.82. The first-order valence-electron chi connectivity index (χ1n) is 8.31. The average molecular weight is 336 g/mol. The van der Waals surface area contributed by atoms with Crippen LogP contribution in [0.3, 0.4) is 0 Å². The van der Waals surface area contributed by atoms with Gasteiger partial charge in [-0.1, -0.05) is 30.9 Å². The van der Waals surface area contributed by atoms with Crippen LogP contribution in [0.1, 0.15) is 18.1 Å². The lowest BCUT2D eigenvalue weighted by Gasteiger charge is -2.43. The van der Waals surface area contributed by atoms with Gasteiger partial charge in [0.25, 0.3) is 0 Å². The first-order chi connectivity index (χ1) is 12.1. The highest BCUT2D eigenvalue weighted by Crippen LogP contribution is 2.57. The van der Waals surface area contributed by atoms with E-state index in [1.807, 2.05) is 24.3 Å². The average Bonchev–Trinajstić information content (AvgIpc) is 3.32. The molecule has 1 aromatic rings.